The quantitative estimate of drug-likeness (QED) is 0.668. The molecule has 0 aliphatic heterocycles. The number of hydrogen-bond acceptors (Lipinski definition) is 4. The van der Waals surface area contributed by atoms with Crippen LogP contribution in [0, 0.1) is 0 Å². The van der Waals surface area contributed by atoms with Crippen LogP contribution in [0.2, 0.25) is 0 Å². The second-order valence-corrected chi connectivity index (χ2v) is 3.05. The molecule has 3 N–H and O–H groups in total. The molecule has 0 spiro atoms. The molecule has 5 nitrogen and oxygen atoms in total. The Kier molecular flexibility index (Phi) is 3.54. The van der Waals surface area contributed by atoms with Crippen molar-refractivity contribution in [1.82, 2.24) is 14.8 Å². The molecule has 1 heterocycles. The Morgan fingerprint density at radius 2 is 2.23 bits per heavy atom. The van der Waals surface area contributed by atoms with Crippen molar-refractivity contribution in [3.63, 3.8) is 0 Å². The second-order valence-electron chi connectivity index (χ2n) is 3.05. The third-order valence-electron chi connectivity index (χ3n) is 1.84. The third-order valence-corrected chi connectivity index (χ3v) is 1.84. The standard InChI is InChI=1S/C8H17N5/c1-3-4-5-6-10-8-11-7(9)12-13(8)2/h3-6H2,1-2H3,(H3,9,10,11,12). The first kappa shape index (κ1) is 9.83. The zero-order valence-electron chi connectivity index (χ0n) is 8.25. The Morgan fingerprint density at radius 3 is 2.77 bits per heavy atom. The average molecular weight is 183 g/mol. The number of nitrogen functional groups attached to an aromatic ring is 1. The van der Waals surface area contributed by atoms with Crippen molar-refractivity contribution in [2.75, 3.05) is 17.6 Å². The summed E-state index contributed by atoms with van der Waals surface area (Å²) in [6.45, 7) is 3.11. The zero-order chi connectivity index (χ0) is 9.68. The predicted molar refractivity (Wildman–Crippen MR) is 53.4 cm³/mol. The summed E-state index contributed by atoms with van der Waals surface area (Å²) in [5.41, 5.74) is 5.43. The highest BCUT2D eigenvalue weighted by Gasteiger charge is 2.01. The number of aryl methyl sites for hydroxylation is 1. The van der Waals surface area contributed by atoms with Gasteiger partial charge in [0.1, 0.15) is 0 Å². The molecule has 1 aromatic heterocycles. The van der Waals surface area contributed by atoms with Crippen molar-refractivity contribution in [1.29, 1.82) is 0 Å². The van der Waals surface area contributed by atoms with Gasteiger partial charge in [-0.15, -0.1) is 5.10 Å². The van der Waals surface area contributed by atoms with Crippen LogP contribution in [0.1, 0.15) is 26.2 Å². The van der Waals surface area contributed by atoms with E-state index >= 15 is 0 Å². The van der Waals surface area contributed by atoms with Gasteiger partial charge in [-0.1, -0.05) is 19.8 Å². The molecule has 0 saturated heterocycles. The summed E-state index contributed by atoms with van der Waals surface area (Å²) in [4.78, 5) is 4.03. The highest BCUT2D eigenvalue weighted by molar-refractivity contribution is 5.31. The summed E-state index contributed by atoms with van der Waals surface area (Å²) in [5, 5.41) is 7.11. The van der Waals surface area contributed by atoms with E-state index in [9.17, 15) is 0 Å². The van der Waals surface area contributed by atoms with Gasteiger partial charge in [0.05, 0.1) is 0 Å². The fraction of sp³-hybridized carbons (Fsp3) is 0.750. The lowest BCUT2D eigenvalue weighted by Crippen LogP contribution is -2.07. The molecule has 74 valence electrons. The van der Waals surface area contributed by atoms with Crippen LogP contribution in [0.15, 0.2) is 0 Å². The minimum atomic E-state index is 0.320. The summed E-state index contributed by atoms with van der Waals surface area (Å²) in [6, 6.07) is 0. The first-order valence-electron chi connectivity index (χ1n) is 4.64. The number of rotatable bonds is 5. The number of aromatic nitrogens is 3. The maximum Gasteiger partial charge on any atom is 0.241 e. The van der Waals surface area contributed by atoms with E-state index in [-0.39, 0.29) is 0 Å². The summed E-state index contributed by atoms with van der Waals surface area (Å²) < 4.78 is 1.65. The largest absolute Gasteiger partial charge is 0.366 e. The molecule has 0 bridgehead atoms. The minimum Gasteiger partial charge on any atom is -0.366 e. The van der Waals surface area contributed by atoms with Crippen molar-refractivity contribution >= 4 is 11.9 Å². The number of hydrogen-bond donors (Lipinski definition) is 2. The monoisotopic (exact) mass is 183 g/mol. The van der Waals surface area contributed by atoms with Crippen molar-refractivity contribution < 1.29 is 0 Å². The van der Waals surface area contributed by atoms with Crippen LogP contribution in [0.4, 0.5) is 11.9 Å². The third kappa shape index (κ3) is 2.93. The van der Waals surface area contributed by atoms with E-state index in [4.69, 9.17) is 5.73 Å². The lowest BCUT2D eigenvalue weighted by Gasteiger charge is -2.02. The molecule has 0 amide bonds. The Balaban J connectivity index is 2.32. The normalized spacial score (nSPS) is 10.3. The molecule has 1 aromatic rings. The summed E-state index contributed by atoms with van der Waals surface area (Å²) in [5.74, 6) is 1.06. The maximum absolute atomic E-state index is 5.43. The van der Waals surface area contributed by atoms with Gasteiger partial charge in [-0.05, 0) is 6.42 Å². The molecule has 0 saturated carbocycles. The molecule has 5 heteroatoms. The van der Waals surface area contributed by atoms with Crippen molar-refractivity contribution in [3.8, 4) is 0 Å². The van der Waals surface area contributed by atoms with E-state index < -0.39 is 0 Å². The molecule has 0 atom stereocenters. The van der Waals surface area contributed by atoms with E-state index in [1.54, 1.807) is 4.68 Å². The lowest BCUT2D eigenvalue weighted by molar-refractivity contribution is 0.724. The second kappa shape index (κ2) is 4.69. The van der Waals surface area contributed by atoms with E-state index in [1.807, 2.05) is 7.05 Å². The fourth-order valence-electron chi connectivity index (χ4n) is 1.13. The lowest BCUT2D eigenvalue weighted by atomic mass is 10.2. The van der Waals surface area contributed by atoms with E-state index in [0.29, 0.717) is 5.95 Å². The molecule has 0 aliphatic carbocycles. The van der Waals surface area contributed by atoms with E-state index in [2.05, 4.69) is 22.3 Å². The van der Waals surface area contributed by atoms with Crippen molar-refractivity contribution in [2.24, 2.45) is 7.05 Å². The van der Waals surface area contributed by atoms with Crippen LogP contribution in [-0.4, -0.2) is 21.3 Å². The Bertz CT molecular complexity index is 255. The van der Waals surface area contributed by atoms with Gasteiger partial charge in [0.15, 0.2) is 0 Å². The number of nitrogens with two attached hydrogens (primary N) is 1. The van der Waals surface area contributed by atoms with Gasteiger partial charge in [-0.25, -0.2) is 4.68 Å². The smallest absolute Gasteiger partial charge is 0.241 e. The van der Waals surface area contributed by atoms with Crippen LogP contribution in [-0.2, 0) is 7.05 Å². The Hall–Kier alpha value is -1.26. The van der Waals surface area contributed by atoms with Gasteiger partial charge in [0.2, 0.25) is 11.9 Å². The fourth-order valence-corrected chi connectivity index (χ4v) is 1.13. The van der Waals surface area contributed by atoms with Gasteiger partial charge in [0.25, 0.3) is 0 Å². The molecule has 0 aromatic carbocycles. The summed E-state index contributed by atoms with van der Waals surface area (Å²) >= 11 is 0. The van der Waals surface area contributed by atoms with E-state index in [0.717, 1.165) is 18.9 Å². The first-order chi connectivity index (χ1) is 6.24. The van der Waals surface area contributed by atoms with Crippen LogP contribution < -0.4 is 11.1 Å². The SMILES string of the molecule is CCCCCNc1nc(N)nn1C. The van der Waals surface area contributed by atoms with E-state index in [1.165, 1.54) is 12.8 Å². The number of nitrogens with one attached hydrogen (secondary N) is 1. The number of unbranched alkanes of at least 4 members (excludes halogenated alkanes) is 2. The van der Waals surface area contributed by atoms with Gasteiger partial charge < -0.3 is 11.1 Å². The molecule has 0 unspecified atom stereocenters. The zero-order valence-corrected chi connectivity index (χ0v) is 8.25. The molecule has 0 fully saturated rings. The number of nitrogens with zero attached hydrogens (tertiary/aromatic N) is 3. The highest BCUT2D eigenvalue weighted by atomic mass is 15.4. The number of anilines is 2. The van der Waals surface area contributed by atoms with Gasteiger partial charge in [-0.2, -0.15) is 4.98 Å². The Morgan fingerprint density at radius 1 is 1.46 bits per heavy atom. The van der Waals surface area contributed by atoms with Crippen LogP contribution in [0.25, 0.3) is 0 Å². The van der Waals surface area contributed by atoms with Crippen LogP contribution in [0.5, 0.6) is 0 Å². The van der Waals surface area contributed by atoms with Crippen LogP contribution in [0.3, 0.4) is 0 Å². The van der Waals surface area contributed by atoms with Crippen LogP contribution >= 0.6 is 0 Å². The van der Waals surface area contributed by atoms with Gasteiger partial charge >= 0.3 is 0 Å². The average Bonchev–Trinajstić information content (AvgIpc) is 2.39. The highest BCUT2D eigenvalue weighted by Crippen LogP contribution is 2.04. The predicted octanol–water partition coefficient (Wildman–Crippen LogP) is 0.999. The molecule has 0 aliphatic rings. The first-order valence-corrected chi connectivity index (χ1v) is 4.64. The van der Waals surface area contributed by atoms with Crippen molar-refractivity contribution in [2.45, 2.75) is 26.2 Å². The summed E-state index contributed by atoms with van der Waals surface area (Å²) in [6.07, 6.45) is 3.62. The summed E-state index contributed by atoms with van der Waals surface area (Å²) in [7, 11) is 1.82. The molecule has 0 radical (unpaired) electrons. The van der Waals surface area contributed by atoms with Gasteiger partial charge in [0, 0.05) is 13.6 Å². The molecule has 1 rings (SSSR count). The maximum atomic E-state index is 5.43. The van der Waals surface area contributed by atoms with Crippen molar-refractivity contribution in [3.05, 3.63) is 0 Å². The van der Waals surface area contributed by atoms with Gasteiger partial charge in [-0.3, -0.25) is 0 Å². The Labute approximate surface area is 78.3 Å². The minimum absolute atomic E-state index is 0.320. The molecule has 13 heavy (non-hydrogen) atoms. The topological polar surface area (TPSA) is 68.8 Å². The molecular formula is C8H17N5. The molecular weight excluding hydrogens is 166 g/mol.